The van der Waals surface area contributed by atoms with Gasteiger partial charge < -0.3 is 9.32 Å². The van der Waals surface area contributed by atoms with Gasteiger partial charge >= 0.3 is 0 Å². The lowest BCUT2D eigenvalue weighted by Crippen LogP contribution is -2.37. The van der Waals surface area contributed by atoms with Gasteiger partial charge in [0.25, 0.3) is 0 Å². The second kappa shape index (κ2) is 8.73. The summed E-state index contributed by atoms with van der Waals surface area (Å²) in [6.07, 6.45) is 1.07. The van der Waals surface area contributed by atoms with Gasteiger partial charge in [0, 0.05) is 31.4 Å². The lowest BCUT2D eigenvalue weighted by molar-refractivity contribution is 0.290. The molecule has 1 saturated heterocycles. The van der Waals surface area contributed by atoms with Crippen molar-refractivity contribution < 1.29 is 4.42 Å². The van der Waals surface area contributed by atoms with E-state index in [1.54, 1.807) is 0 Å². The highest BCUT2D eigenvalue weighted by Gasteiger charge is 2.29. The summed E-state index contributed by atoms with van der Waals surface area (Å²) in [7, 11) is 0. The summed E-state index contributed by atoms with van der Waals surface area (Å²) in [5, 5.41) is 9.71. The van der Waals surface area contributed by atoms with Gasteiger partial charge in [-0.25, -0.2) is 0 Å². The maximum Gasteiger partial charge on any atom is 0.118 e. The minimum absolute atomic E-state index is 0.371. The molecule has 1 fully saturated rings. The average molecular weight is 406 g/mol. The molecule has 2 aromatic carbocycles. The molecule has 148 valence electrons. The molecule has 1 atom stereocenters. The summed E-state index contributed by atoms with van der Waals surface area (Å²) in [4.78, 5) is 4.85. The Morgan fingerprint density at radius 1 is 1.17 bits per heavy atom. The number of hydrogen-bond acceptors (Lipinski definition) is 4. The fraction of sp³-hybridized carbons (Fsp3) is 0.292. The van der Waals surface area contributed by atoms with E-state index in [1.165, 1.54) is 5.56 Å². The molecule has 0 bridgehead atoms. The van der Waals surface area contributed by atoms with E-state index in [1.807, 2.05) is 37.3 Å². The van der Waals surface area contributed by atoms with Crippen LogP contribution in [0.25, 0.3) is 0 Å². The number of rotatable bonds is 6. The summed E-state index contributed by atoms with van der Waals surface area (Å²) in [5.41, 5.74) is 2.82. The molecule has 1 aromatic heterocycles. The van der Waals surface area contributed by atoms with Gasteiger partial charge in [-0.05, 0) is 49.2 Å². The third-order valence-electron chi connectivity index (χ3n) is 5.46. The van der Waals surface area contributed by atoms with E-state index in [-0.39, 0.29) is 0 Å². The molecule has 3 aromatic rings. The van der Waals surface area contributed by atoms with Crippen LogP contribution in [0.4, 0.5) is 5.69 Å². The van der Waals surface area contributed by atoms with Crippen molar-refractivity contribution in [2.75, 3.05) is 18.0 Å². The summed E-state index contributed by atoms with van der Waals surface area (Å²) < 4.78 is 5.76. The maximum absolute atomic E-state index is 9.21. The van der Waals surface area contributed by atoms with Crippen LogP contribution in [0.1, 0.15) is 29.1 Å². The number of halogens is 1. The summed E-state index contributed by atoms with van der Waals surface area (Å²) in [6, 6.07) is 22.8. The zero-order valence-corrected chi connectivity index (χ0v) is 17.3. The van der Waals surface area contributed by atoms with Gasteiger partial charge in [0.15, 0.2) is 0 Å². The fourth-order valence-corrected chi connectivity index (χ4v) is 4.20. The zero-order valence-electron chi connectivity index (χ0n) is 16.5. The minimum atomic E-state index is 0.371. The largest absolute Gasteiger partial charge is 0.465 e. The fourth-order valence-electron chi connectivity index (χ4n) is 3.99. The number of benzene rings is 2. The quantitative estimate of drug-likeness (QED) is 0.551. The van der Waals surface area contributed by atoms with Crippen LogP contribution in [0.5, 0.6) is 0 Å². The van der Waals surface area contributed by atoms with Crippen molar-refractivity contribution in [3.63, 3.8) is 0 Å². The van der Waals surface area contributed by atoms with Crippen molar-refractivity contribution in [3.05, 3.63) is 88.3 Å². The normalized spacial score (nSPS) is 16.7. The topological polar surface area (TPSA) is 43.4 Å². The van der Waals surface area contributed by atoms with Crippen LogP contribution in [0, 0.1) is 18.3 Å². The molecule has 0 radical (unpaired) electrons. The molecule has 0 N–H and O–H groups in total. The highest BCUT2D eigenvalue weighted by atomic mass is 35.5. The molecule has 29 heavy (non-hydrogen) atoms. The average Bonchev–Trinajstić information content (AvgIpc) is 3.36. The van der Waals surface area contributed by atoms with Crippen LogP contribution in [0.15, 0.2) is 65.1 Å². The molecule has 5 heteroatoms. The Balaban J connectivity index is 1.55. The van der Waals surface area contributed by atoms with Gasteiger partial charge in [-0.2, -0.15) is 5.26 Å². The molecule has 1 aliphatic rings. The van der Waals surface area contributed by atoms with Gasteiger partial charge in [-0.1, -0.05) is 41.9 Å². The lowest BCUT2D eigenvalue weighted by atomic mass is 10.1. The Labute approximate surface area is 176 Å². The highest BCUT2D eigenvalue weighted by molar-refractivity contribution is 6.32. The molecule has 4 nitrogen and oxygen atoms in total. The first kappa shape index (κ1) is 19.6. The van der Waals surface area contributed by atoms with Crippen LogP contribution < -0.4 is 4.90 Å². The molecule has 0 spiro atoms. The summed E-state index contributed by atoms with van der Waals surface area (Å²) >= 11 is 6.35. The first-order valence-electron chi connectivity index (χ1n) is 9.90. The highest BCUT2D eigenvalue weighted by Crippen LogP contribution is 2.29. The lowest BCUT2D eigenvalue weighted by Gasteiger charge is -2.32. The van der Waals surface area contributed by atoms with Crippen molar-refractivity contribution in [2.45, 2.75) is 32.5 Å². The molecule has 4 rings (SSSR count). The first-order chi connectivity index (χ1) is 14.1. The van der Waals surface area contributed by atoms with Crippen LogP contribution >= 0.6 is 11.6 Å². The van der Waals surface area contributed by atoms with E-state index in [9.17, 15) is 5.26 Å². The van der Waals surface area contributed by atoms with Gasteiger partial charge in [-0.3, -0.25) is 4.90 Å². The smallest absolute Gasteiger partial charge is 0.118 e. The van der Waals surface area contributed by atoms with Crippen molar-refractivity contribution in [3.8, 4) is 6.07 Å². The maximum atomic E-state index is 9.21. The van der Waals surface area contributed by atoms with E-state index in [0.29, 0.717) is 16.6 Å². The monoisotopic (exact) mass is 405 g/mol. The van der Waals surface area contributed by atoms with Gasteiger partial charge in [0.2, 0.25) is 0 Å². The standard InChI is InChI=1S/C24H24ClN3O/c1-18-7-10-23(29-18)17-27-12-11-22(16-27)28(15-19-5-3-2-4-6-19)21-9-8-20(14-26)24(25)13-21/h2-10,13,22H,11-12,15-17H2,1H3/t22-/m0/s1. The van der Waals surface area contributed by atoms with E-state index < -0.39 is 0 Å². The number of likely N-dealkylation sites (tertiary alicyclic amines) is 1. The van der Waals surface area contributed by atoms with Crippen molar-refractivity contribution in [1.82, 2.24) is 4.90 Å². The van der Waals surface area contributed by atoms with Crippen molar-refractivity contribution in [2.24, 2.45) is 0 Å². The van der Waals surface area contributed by atoms with Crippen LogP contribution in [0.2, 0.25) is 5.02 Å². The third-order valence-corrected chi connectivity index (χ3v) is 5.78. The van der Waals surface area contributed by atoms with Crippen molar-refractivity contribution >= 4 is 17.3 Å². The Morgan fingerprint density at radius 3 is 2.69 bits per heavy atom. The molecule has 0 saturated carbocycles. The van der Waals surface area contributed by atoms with Gasteiger partial charge in [0.05, 0.1) is 17.1 Å². The van der Waals surface area contributed by atoms with Gasteiger partial charge in [0.1, 0.15) is 17.6 Å². The first-order valence-corrected chi connectivity index (χ1v) is 10.3. The number of hydrogen-bond donors (Lipinski definition) is 0. The number of nitrogens with zero attached hydrogens (tertiary/aromatic N) is 3. The molecular weight excluding hydrogens is 382 g/mol. The molecular formula is C24H24ClN3O. The Bertz CT molecular complexity index is 1010. The molecule has 0 aliphatic carbocycles. The van der Waals surface area contributed by atoms with E-state index in [0.717, 1.165) is 49.8 Å². The van der Waals surface area contributed by atoms with Crippen LogP contribution in [0.3, 0.4) is 0 Å². The van der Waals surface area contributed by atoms with Gasteiger partial charge in [-0.15, -0.1) is 0 Å². The number of anilines is 1. The molecule has 1 aliphatic heterocycles. The number of nitriles is 1. The minimum Gasteiger partial charge on any atom is -0.465 e. The SMILES string of the molecule is Cc1ccc(CN2CC[C@H](N(Cc3ccccc3)c3ccc(C#N)c(Cl)c3)C2)o1. The molecule has 0 amide bonds. The van der Waals surface area contributed by atoms with E-state index in [4.69, 9.17) is 16.0 Å². The van der Waals surface area contributed by atoms with Crippen LogP contribution in [-0.2, 0) is 13.1 Å². The third kappa shape index (κ3) is 4.64. The summed E-state index contributed by atoms with van der Waals surface area (Å²) in [5.74, 6) is 1.97. The zero-order chi connectivity index (χ0) is 20.2. The predicted molar refractivity (Wildman–Crippen MR) is 116 cm³/mol. The van der Waals surface area contributed by atoms with Crippen LogP contribution in [-0.4, -0.2) is 24.0 Å². The Kier molecular flexibility index (Phi) is 5.89. The van der Waals surface area contributed by atoms with E-state index >= 15 is 0 Å². The summed E-state index contributed by atoms with van der Waals surface area (Å²) in [6.45, 7) is 5.61. The Hall–Kier alpha value is -2.74. The second-order valence-corrected chi connectivity index (χ2v) is 7.99. The number of aryl methyl sites for hydroxylation is 1. The van der Waals surface area contributed by atoms with E-state index in [2.05, 4.69) is 46.2 Å². The molecule has 0 unspecified atom stereocenters. The predicted octanol–water partition coefficient (Wildman–Crippen LogP) is 5.39. The Morgan fingerprint density at radius 2 is 2.00 bits per heavy atom. The second-order valence-electron chi connectivity index (χ2n) is 7.58. The molecule has 2 heterocycles. The van der Waals surface area contributed by atoms with Crippen molar-refractivity contribution in [1.29, 1.82) is 5.26 Å². The number of furan rings is 1.